The fraction of sp³-hybridized carbons (Fsp3) is 0.933. The summed E-state index contributed by atoms with van der Waals surface area (Å²) in [5.41, 5.74) is 0. The van der Waals surface area contributed by atoms with Crippen LogP contribution in [-0.2, 0) is 9.53 Å². The summed E-state index contributed by atoms with van der Waals surface area (Å²) in [7, 11) is 0. The Morgan fingerprint density at radius 1 is 0.941 bits per heavy atom. The lowest BCUT2D eigenvalue weighted by Crippen LogP contribution is -2.24. The van der Waals surface area contributed by atoms with E-state index in [0.29, 0.717) is 29.8 Å². The molecule has 4 rings (SSSR count). The second-order valence-electron chi connectivity index (χ2n) is 6.83. The summed E-state index contributed by atoms with van der Waals surface area (Å²) in [6.45, 7) is 0. The highest BCUT2D eigenvalue weighted by Gasteiger charge is 2.46. The summed E-state index contributed by atoms with van der Waals surface area (Å²) in [5, 5.41) is 0. The first-order valence-corrected chi connectivity index (χ1v) is 7.48. The van der Waals surface area contributed by atoms with Crippen LogP contribution in [0.1, 0.15) is 51.4 Å². The summed E-state index contributed by atoms with van der Waals surface area (Å²) in [4.78, 5) is 12.3. The van der Waals surface area contributed by atoms with E-state index in [4.69, 9.17) is 4.74 Å². The van der Waals surface area contributed by atoms with Crippen LogP contribution in [0.25, 0.3) is 0 Å². The topological polar surface area (TPSA) is 29.6 Å². The molecule has 3 saturated carbocycles. The van der Waals surface area contributed by atoms with Gasteiger partial charge in [0.2, 0.25) is 0 Å². The van der Waals surface area contributed by atoms with Crippen LogP contribution in [0.4, 0.5) is 0 Å². The van der Waals surface area contributed by atoms with Crippen LogP contribution in [0.15, 0.2) is 0 Å². The Kier molecular flexibility index (Phi) is 2.36. The Bertz CT molecular complexity index is 338. The molecule has 6 atom stereocenters. The molecule has 1 heterocycles. The zero-order chi connectivity index (χ0) is 11.4. The number of ketones is 1. The van der Waals surface area contributed by atoms with Crippen molar-refractivity contribution >= 4 is 5.78 Å². The maximum atomic E-state index is 12.3. The molecule has 0 aromatic rings. The highest BCUT2D eigenvalue weighted by molar-refractivity contribution is 5.81. The third-order valence-electron chi connectivity index (χ3n) is 5.60. The van der Waals surface area contributed by atoms with E-state index in [2.05, 4.69) is 0 Å². The molecular weight excluding hydrogens is 212 g/mol. The third-order valence-corrected chi connectivity index (χ3v) is 5.60. The molecule has 0 aromatic heterocycles. The first kappa shape index (κ1) is 10.5. The largest absolute Gasteiger partial charge is 0.370 e. The predicted molar refractivity (Wildman–Crippen MR) is 64.6 cm³/mol. The molecule has 1 aliphatic heterocycles. The summed E-state index contributed by atoms with van der Waals surface area (Å²) < 4.78 is 5.55. The summed E-state index contributed by atoms with van der Waals surface area (Å²) in [6, 6.07) is 0. The predicted octanol–water partition coefficient (Wildman–Crippen LogP) is 2.95. The lowest BCUT2D eigenvalue weighted by Gasteiger charge is -2.24. The number of hydrogen-bond acceptors (Lipinski definition) is 2. The van der Waals surface area contributed by atoms with Crippen molar-refractivity contribution in [2.75, 3.05) is 0 Å². The molecule has 0 amide bonds. The standard InChI is InChI=1S/C15H22O2/c16-13(11-3-2-10-7-12(10)8-11)5-9-1-4-14-15(6-9)17-14/h9-12,14-15H,1-8H2. The zero-order valence-corrected chi connectivity index (χ0v) is 10.4. The van der Waals surface area contributed by atoms with Gasteiger partial charge in [0, 0.05) is 12.3 Å². The lowest BCUT2D eigenvalue weighted by molar-refractivity contribution is -0.125. The summed E-state index contributed by atoms with van der Waals surface area (Å²) in [5.74, 6) is 3.59. The molecule has 2 heteroatoms. The minimum absolute atomic E-state index is 0.427. The van der Waals surface area contributed by atoms with Gasteiger partial charge >= 0.3 is 0 Å². The fourth-order valence-electron chi connectivity index (χ4n) is 4.27. The van der Waals surface area contributed by atoms with E-state index < -0.39 is 0 Å². The Morgan fingerprint density at radius 2 is 1.88 bits per heavy atom. The number of fused-ring (bicyclic) bond motifs is 2. The van der Waals surface area contributed by atoms with E-state index in [0.717, 1.165) is 24.7 Å². The van der Waals surface area contributed by atoms with E-state index in [1.54, 1.807) is 0 Å². The van der Waals surface area contributed by atoms with Crippen LogP contribution in [0.5, 0.6) is 0 Å². The van der Waals surface area contributed by atoms with Crippen molar-refractivity contribution < 1.29 is 9.53 Å². The van der Waals surface area contributed by atoms with E-state index >= 15 is 0 Å². The van der Waals surface area contributed by atoms with Gasteiger partial charge in [-0.3, -0.25) is 4.79 Å². The van der Waals surface area contributed by atoms with Crippen LogP contribution in [0, 0.1) is 23.7 Å². The molecule has 94 valence electrons. The molecule has 17 heavy (non-hydrogen) atoms. The number of ether oxygens (including phenoxy) is 1. The number of rotatable bonds is 3. The van der Waals surface area contributed by atoms with Gasteiger partial charge in [-0.2, -0.15) is 0 Å². The first-order chi connectivity index (χ1) is 8.29. The van der Waals surface area contributed by atoms with Crippen molar-refractivity contribution in [3.63, 3.8) is 0 Å². The number of hydrogen-bond donors (Lipinski definition) is 0. The molecule has 0 radical (unpaired) electrons. The molecular formula is C15H22O2. The van der Waals surface area contributed by atoms with Gasteiger partial charge < -0.3 is 4.74 Å². The zero-order valence-electron chi connectivity index (χ0n) is 10.4. The van der Waals surface area contributed by atoms with Gasteiger partial charge in [-0.1, -0.05) is 0 Å². The smallest absolute Gasteiger partial charge is 0.136 e. The average Bonchev–Trinajstić information content (AvgIpc) is 3.22. The second-order valence-corrected chi connectivity index (χ2v) is 6.83. The molecule has 6 unspecified atom stereocenters. The molecule has 0 N–H and O–H groups in total. The van der Waals surface area contributed by atoms with E-state index in [1.165, 1.54) is 38.5 Å². The van der Waals surface area contributed by atoms with Crippen molar-refractivity contribution in [3.05, 3.63) is 0 Å². The number of carbonyl (C=O) groups is 1. The van der Waals surface area contributed by atoms with Crippen LogP contribution in [0.2, 0.25) is 0 Å². The molecule has 2 nitrogen and oxygen atoms in total. The quantitative estimate of drug-likeness (QED) is 0.703. The van der Waals surface area contributed by atoms with E-state index in [-0.39, 0.29) is 0 Å². The minimum Gasteiger partial charge on any atom is -0.370 e. The normalized spacial score (nSPS) is 51.3. The van der Waals surface area contributed by atoms with Crippen molar-refractivity contribution in [1.82, 2.24) is 0 Å². The Balaban J connectivity index is 1.30. The first-order valence-electron chi connectivity index (χ1n) is 7.48. The van der Waals surface area contributed by atoms with Crippen LogP contribution in [-0.4, -0.2) is 18.0 Å². The molecule has 4 fully saturated rings. The van der Waals surface area contributed by atoms with E-state index in [1.807, 2.05) is 0 Å². The molecule has 1 saturated heterocycles. The molecule has 3 aliphatic carbocycles. The third kappa shape index (κ3) is 2.05. The van der Waals surface area contributed by atoms with Crippen LogP contribution >= 0.6 is 0 Å². The molecule has 0 bridgehead atoms. The SMILES string of the molecule is O=C(CC1CCC2OC2C1)C1CCC2CC2C1. The maximum Gasteiger partial charge on any atom is 0.136 e. The van der Waals surface area contributed by atoms with Gasteiger partial charge in [-0.25, -0.2) is 0 Å². The van der Waals surface area contributed by atoms with Gasteiger partial charge in [0.1, 0.15) is 5.78 Å². The second kappa shape index (κ2) is 3.81. The van der Waals surface area contributed by atoms with Crippen molar-refractivity contribution in [2.45, 2.75) is 63.6 Å². The van der Waals surface area contributed by atoms with Crippen LogP contribution in [0.3, 0.4) is 0 Å². The van der Waals surface area contributed by atoms with Gasteiger partial charge in [0.25, 0.3) is 0 Å². The van der Waals surface area contributed by atoms with Crippen molar-refractivity contribution in [3.8, 4) is 0 Å². The van der Waals surface area contributed by atoms with Crippen LogP contribution < -0.4 is 0 Å². The summed E-state index contributed by atoms with van der Waals surface area (Å²) >= 11 is 0. The van der Waals surface area contributed by atoms with Gasteiger partial charge in [0.05, 0.1) is 12.2 Å². The van der Waals surface area contributed by atoms with E-state index in [9.17, 15) is 4.79 Å². The fourth-order valence-corrected chi connectivity index (χ4v) is 4.27. The Morgan fingerprint density at radius 3 is 2.71 bits per heavy atom. The lowest BCUT2D eigenvalue weighted by atomic mass is 9.79. The summed E-state index contributed by atoms with van der Waals surface area (Å²) in [6.07, 6.45) is 10.7. The highest BCUT2D eigenvalue weighted by atomic mass is 16.6. The van der Waals surface area contributed by atoms with Gasteiger partial charge in [-0.05, 0) is 62.7 Å². The molecule has 0 aromatic carbocycles. The Labute approximate surface area is 103 Å². The van der Waals surface area contributed by atoms with Crippen molar-refractivity contribution in [1.29, 1.82) is 0 Å². The van der Waals surface area contributed by atoms with Crippen molar-refractivity contribution in [2.24, 2.45) is 23.7 Å². The average molecular weight is 234 g/mol. The number of Topliss-reactive ketones (excluding diaryl/α,β-unsaturated/α-hetero) is 1. The Hall–Kier alpha value is -0.370. The molecule has 4 aliphatic rings. The number of epoxide rings is 1. The highest BCUT2D eigenvalue weighted by Crippen LogP contribution is 2.52. The minimum atomic E-state index is 0.427. The maximum absolute atomic E-state index is 12.3. The number of carbonyl (C=O) groups excluding carboxylic acids is 1. The van der Waals surface area contributed by atoms with Gasteiger partial charge in [0.15, 0.2) is 0 Å². The molecule has 0 spiro atoms. The van der Waals surface area contributed by atoms with Gasteiger partial charge in [-0.15, -0.1) is 0 Å². The monoisotopic (exact) mass is 234 g/mol.